The van der Waals surface area contributed by atoms with Crippen LogP contribution in [0.4, 0.5) is 11.6 Å². The highest BCUT2D eigenvalue weighted by Crippen LogP contribution is 2.46. The van der Waals surface area contributed by atoms with Crippen molar-refractivity contribution in [3.63, 3.8) is 0 Å². The van der Waals surface area contributed by atoms with Gasteiger partial charge in [0, 0.05) is 41.5 Å². The number of methoxy groups -OCH3 is 2. The van der Waals surface area contributed by atoms with E-state index in [2.05, 4.69) is 11.6 Å². The predicted octanol–water partition coefficient (Wildman–Crippen LogP) is 6.33. The number of hydrogen-bond acceptors (Lipinski definition) is 6. The maximum atomic E-state index is 12.5. The van der Waals surface area contributed by atoms with Crippen molar-refractivity contribution in [2.45, 2.75) is 6.04 Å². The third kappa shape index (κ3) is 4.24. The summed E-state index contributed by atoms with van der Waals surface area (Å²) in [6.07, 6.45) is 3.10. The quantitative estimate of drug-likeness (QED) is 0.269. The van der Waals surface area contributed by atoms with Crippen molar-refractivity contribution in [2.75, 3.05) is 37.6 Å². The number of anilines is 2. The molecular formula is C28H24Cl2N4O3. The van der Waals surface area contributed by atoms with Gasteiger partial charge in [-0.25, -0.2) is 9.97 Å². The van der Waals surface area contributed by atoms with Crippen molar-refractivity contribution in [2.24, 2.45) is 0 Å². The molecule has 0 spiro atoms. The Morgan fingerprint density at radius 3 is 2.49 bits per heavy atom. The van der Waals surface area contributed by atoms with Gasteiger partial charge in [0.25, 0.3) is 0 Å². The number of likely N-dealkylation sites (N-methyl/N-ethyl adjacent to an activating group) is 1. The summed E-state index contributed by atoms with van der Waals surface area (Å²) >= 11 is 13.2. The normalized spacial score (nSPS) is 14.4. The summed E-state index contributed by atoms with van der Waals surface area (Å²) < 4.78 is 10.8. The van der Waals surface area contributed by atoms with Crippen molar-refractivity contribution in [1.29, 1.82) is 0 Å². The molecule has 9 heteroatoms. The van der Waals surface area contributed by atoms with E-state index in [1.54, 1.807) is 31.4 Å². The molecule has 0 saturated heterocycles. The first-order valence-corrected chi connectivity index (χ1v) is 12.3. The molecule has 0 radical (unpaired) electrons. The smallest absolute Gasteiger partial charge is 0.250 e. The molecule has 0 saturated carbocycles. The summed E-state index contributed by atoms with van der Waals surface area (Å²) in [6, 6.07) is 15.1. The number of halogens is 2. The van der Waals surface area contributed by atoms with Gasteiger partial charge in [0.15, 0.2) is 0 Å². The number of amides is 1. The van der Waals surface area contributed by atoms with E-state index in [1.807, 2.05) is 54.4 Å². The lowest BCUT2D eigenvalue weighted by Gasteiger charge is -2.25. The van der Waals surface area contributed by atoms with Crippen LogP contribution in [0.5, 0.6) is 11.5 Å². The summed E-state index contributed by atoms with van der Waals surface area (Å²) in [7, 11) is 5.01. The van der Waals surface area contributed by atoms with Gasteiger partial charge < -0.3 is 19.3 Å². The Kier molecular flexibility index (Phi) is 6.67. The van der Waals surface area contributed by atoms with Crippen LogP contribution in [0.1, 0.15) is 11.6 Å². The second-order valence-electron chi connectivity index (χ2n) is 8.57. The zero-order chi connectivity index (χ0) is 26.3. The van der Waals surface area contributed by atoms with Crippen molar-refractivity contribution < 1.29 is 14.3 Å². The van der Waals surface area contributed by atoms with Gasteiger partial charge in [0.1, 0.15) is 11.5 Å². The molecule has 5 rings (SSSR count). The summed E-state index contributed by atoms with van der Waals surface area (Å²) in [5.74, 6) is 1.34. The lowest BCUT2D eigenvalue weighted by molar-refractivity contribution is -0.114. The van der Waals surface area contributed by atoms with Crippen LogP contribution in [0.3, 0.4) is 0 Å². The number of fused-ring (bicyclic) bond motifs is 2. The number of carbonyl (C=O) groups excluding carboxylic acids is 1. The van der Waals surface area contributed by atoms with E-state index in [9.17, 15) is 4.79 Å². The molecule has 0 bridgehead atoms. The van der Waals surface area contributed by atoms with E-state index in [-0.39, 0.29) is 11.9 Å². The Labute approximate surface area is 224 Å². The van der Waals surface area contributed by atoms with E-state index in [0.717, 1.165) is 27.7 Å². The lowest BCUT2D eigenvalue weighted by atomic mass is 10.0. The summed E-state index contributed by atoms with van der Waals surface area (Å²) in [5, 5.41) is 1.60. The van der Waals surface area contributed by atoms with E-state index >= 15 is 0 Å². The monoisotopic (exact) mass is 534 g/mol. The maximum absolute atomic E-state index is 12.5. The van der Waals surface area contributed by atoms with Crippen LogP contribution in [0.25, 0.3) is 22.0 Å². The molecule has 0 aliphatic carbocycles. The van der Waals surface area contributed by atoms with Gasteiger partial charge in [-0.3, -0.25) is 4.79 Å². The Morgan fingerprint density at radius 1 is 1.11 bits per heavy atom. The fraction of sp³-hybridized carbons (Fsp3) is 0.179. The van der Waals surface area contributed by atoms with Gasteiger partial charge in [0.2, 0.25) is 11.9 Å². The number of aromatic nitrogens is 2. The van der Waals surface area contributed by atoms with Crippen LogP contribution in [-0.4, -0.2) is 43.7 Å². The van der Waals surface area contributed by atoms with Crippen molar-refractivity contribution in [1.82, 2.24) is 9.97 Å². The average Bonchev–Trinajstić information content (AvgIpc) is 3.32. The minimum Gasteiger partial charge on any atom is -0.495 e. The lowest BCUT2D eigenvalue weighted by Crippen LogP contribution is -2.33. The number of carbonyl (C=O) groups is 1. The summed E-state index contributed by atoms with van der Waals surface area (Å²) in [5.41, 5.74) is 4.06. The second-order valence-corrected chi connectivity index (χ2v) is 9.32. The van der Waals surface area contributed by atoms with Crippen LogP contribution >= 0.6 is 23.2 Å². The molecule has 2 heterocycles. The highest BCUT2D eigenvalue weighted by molar-refractivity contribution is 6.41. The van der Waals surface area contributed by atoms with Gasteiger partial charge in [-0.15, -0.1) is 0 Å². The first kappa shape index (κ1) is 24.9. The highest BCUT2D eigenvalue weighted by atomic mass is 35.5. The highest BCUT2D eigenvalue weighted by Gasteiger charge is 2.34. The fourth-order valence-electron chi connectivity index (χ4n) is 4.66. The summed E-state index contributed by atoms with van der Waals surface area (Å²) in [6.45, 7) is 4.12. The van der Waals surface area contributed by atoms with E-state index in [0.29, 0.717) is 39.6 Å². The third-order valence-electron chi connectivity index (χ3n) is 6.60. The first-order chi connectivity index (χ1) is 17.9. The topological polar surface area (TPSA) is 67.8 Å². The van der Waals surface area contributed by atoms with Crippen LogP contribution < -0.4 is 19.3 Å². The molecule has 7 nitrogen and oxygen atoms in total. The van der Waals surface area contributed by atoms with Gasteiger partial charge in [-0.1, -0.05) is 54.0 Å². The van der Waals surface area contributed by atoms with Crippen molar-refractivity contribution >= 4 is 51.6 Å². The van der Waals surface area contributed by atoms with E-state index in [1.165, 1.54) is 6.08 Å². The molecule has 1 aliphatic heterocycles. The molecule has 1 unspecified atom stereocenters. The number of nitrogens with zero attached hydrogens (tertiary/aromatic N) is 4. The average molecular weight is 535 g/mol. The third-order valence-corrected chi connectivity index (χ3v) is 7.35. The zero-order valence-corrected chi connectivity index (χ0v) is 22.0. The Bertz CT molecular complexity index is 1510. The van der Waals surface area contributed by atoms with E-state index in [4.69, 9.17) is 37.7 Å². The molecular weight excluding hydrogens is 511 g/mol. The Morgan fingerprint density at radius 2 is 1.81 bits per heavy atom. The minimum absolute atomic E-state index is 0.0984. The number of rotatable bonds is 6. The molecule has 3 aromatic carbocycles. The standard InChI is InChI=1S/C28H24Cl2N4O3/c1-5-24(35)34-15-21(18-8-6-7-9-20(18)34)33(2)28-31-14-17-12-16(10-11-19(17)32-28)25-26(29)22(36-3)13-23(37-4)27(25)30/h5-14,21H,1,15H2,2-4H3. The first-order valence-electron chi connectivity index (χ1n) is 11.5. The second kappa shape index (κ2) is 9.92. The van der Waals surface area contributed by atoms with Crippen molar-refractivity contribution in [3.05, 3.63) is 83.0 Å². The number of ether oxygens (including phenoxy) is 2. The SMILES string of the molecule is C=CC(=O)N1CC(N(C)c2ncc3cc(-c4c(Cl)c(OC)cc(OC)c4Cl)ccc3n2)c2ccccc21. The van der Waals surface area contributed by atoms with Gasteiger partial charge in [0.05, 0.1) is 42.4 Å². The molecule has 37 heavy (non-hydrogen) atoms. The van der Waals surface area contributed by atoms with Crippen LogP contribution in [-0.2, 0) is 4.79 Å². The van der Waals surface area contributed by atoms with Gasteiger partial charge in [-0.05, 0) is 29.8 Å². The molecule has 1 aliphatic rings. The van der Waals surface area contributed by atoms with E-state index < -0.39 is 0 Å². The maximum Gasteiger partial charge on any atom is 0.250 e. The van der Waals surface area contributed by atoms with Gasteiger partial charge >= 0.3 is 0 Å². The largest absolute Gasteiger partial charge is 0.495 e. The molecule has 1 aromatic heterocycles. The van der Waals surface area contributed by atoms with Crippen LogP contribution in [0.2, 0.25) is 10.0 Å². The molecule has 0 fully saturated rings. The van der Waals surface area contributed by atoms with Crippen LogP contribution in [0.15, 0.2) is 67.4 Å². The van der Waals surface area contributed by atoms with Gasteiger partial charge in [-0.2, -0.15) is 0 Å². The van der Waals surface area contributed by atoms with Crippen molar-refractivity contribution in [3.8, 4) is 22.6 Å². The molecule has 1 amide bonds. The number of benzene rings is 3. The predicted molar refractivity (Wildman–Crippen MR) is 148 cm³/mol. The summed E-state index contributed by atoms with van der Waals surface area (Å²) in [4.78, 5) is 25.6. The molecule has 4 aromatic rings. The minimum atomic E-state index is -0.137. The zero-order valence-electron chi connectivity index (χ0n) is 20.5. The Hall–Kier alpha value is -3.81. The number of para-hydroxylation sites is 1. The molecule has 1 atom stereocenters. The van der Waals surface area contributed by atoms with Crippen LogP contribution in [0, 0.1) is 0 Å². The number of hydrogen-bond donors (Lipinski definition) is 0. The Balaban J connectivity index is 1.51. The fourth-order valence-corrected chi connectivity index (χ4v) is 5.38. The molecule has 0 N–H and O–H groups in total. The molecule has 188 valence electrons.